The van der Waals surface area contributed by atoms with Gasteiger partial charge in [-0.3, -0.25) is 9.69 Å². The summed E-state index contributed by atoms with van der Waals surface area (Å²) in [6, 6.07) is 21.2. The average Bonchev–Trinajstić information content (AvgIpc) is 3.08. The molecule has 3 aromatic rings. The largest absolute Gasteiger partial charge is 0.494 e. The van der Waals surface area contributed by atoms with E-state index in [1.54, 1.807) is 4.90 Å². The van der Waals surface area contributed by atoms with Crippen LogP contribution in [-0.4, -0.2) is 12.5 Å². The summed E-state index contributed by atoms with van der Waals surface area (Å²) in [5.41, 5.74) is 5.18. The van der Waals surface area contributed by atoms with Gasteiger partial charge in [0.25, 0.3) is 5.91 Å². The number of carbonyl (C=O) groups excluding carboxylic acids is 1. The van der Waals surface area contributed by atoms with Crippen LogP contribution in [0.15, 0.2) is 82.9 Å². The molecule has 1 aliphatic heterocycles. The van der Waals surface area contributed by atoms with Gasteiger partial charge in [0.15, 0.2) is 0 Å². The highest BCUT2D eigenvalue weighted by atomic mass is 79.9. The Hall–Kier alpha value is -2.82. The van der Waals surface area contributed by atoms with Crippen molar-refractivity contribution in [1.82, 2.24) is 0 Å². The van der Waals surface area contributed by atoms with Crippen molar-refractivity contribution < 1.29 is 9.53 Å². The molecule has 1 heterocycles. The molecule has 1 amide bonds. The monoisotopic (exact) mass is 493 g/mol. The molecular formula is C26H21BrClNO2. The van der Waals surface area contributed by atoms with Crippen LogP contribution < -0.4 is 9.64 Å². The highest BCUT2D eigenvalue weighted by Crippen LogP contribution is 2.37. The second-order valence-electron chi connectivity index (χ2n) is 7.21. The van der Waals surface area contributed by atoms with Crippen molar-refractivity contribution in [3.8, 4) is 5.75 Å². The molecule has 0 spiro atoms. The molecule has 31 heavy (non-hydrogen) atoms. The van der Waals surface area contributed by atoms with E-state index in [9.17, 15) is 4.79 Å². The van der Waals surface area contributed by atoms with Gasteiger partial charge < -0.3 is 4.74 Å². The first kappa shape index (κ1) is 21.4. The Morgan fingerprint density at radius 1 is 1.03 bits per heavy atom. The third-order valence-electron chi connectivity index (χ3n) is 5.04. The minimum Gasteiger partial charge on any atom is -0.494 e. The number of benzene rings is 3. The first-order valence-electron chi connectivity index (χ1n) is 9.99. The molecule has 5 heteroatoms. The van der Waals surface area contributed by atoms with Crippen molar-refractivity contribution in [2.75, 3.05) is 11.5 Å². The van der Waals surface area contributed by atoms with Gasteiger partial charge in [0.05, 0.1) is 12.3 Å². The summed E-state index contributed by atoms with van der Waals surface area (Å²) in [7, 11) is 0. The minimum absolute atomic E-state index is 0.0689. The molecule has 0 unspecified atom stereocenters. The molecule has 0 saturated heterocycles. The van der Waals surface area contributed by atoms with Gasteiger partial charge in [0.2, 0.25) is 0 Å². The van der Waals surface area contributed by atoms with Crippen LogP contribution in [0.2, 0.25) is 5.02 Å². The molecule has 0 fully saturated rings. The highest BCUT2D eigenvalue weighted by Gasteiger charge is 2.30. The number of rotatable bonds is 5. The number of halogens is 2. The number of nitrogens with zero attached hydrogens (tertiary/aromatic N) is 1. The predicted molar refractivity (Wildman–Crippen MR) is 131 cm³/mol. The third kappa shape index (κ3) is 4.60. The fourth-order valence-electron chi connectivity index (χ4n) is 3.48. The fourth-order valence-corrected chi connectivity index (χ4v) is 3.85. The van der Waals surface area contributed by atoms with E-state index in [4.69, 9.17) is 16.3 Å². The Morgan fingerprint density at radius 3 is 2.39 bits per heavy atom. The zero-order valence-corrected chi connectivity index (χ0v) is 19.6. The maximum Gasteiger partial charge on any atom is 0.262 e. The van der Waals surface area contributed by atoms with Crippen molar-refractivity contribution in [2.24, 2.45) is 0 Å². The lowest BCUT2D eigenvalue weighted by Crippen LogP contribution is -2.25. The highest BCUT2D eigenvalue weighted by molar-refractivity contribution is 9.10. The van der Waals surface area contributed by atoms with Crippen molar-refractivity contribution in [2.45, 2.75) is 13.8 Å². The molecule has 156 valence electrons. The third-order valence-corrected chi connectivity index (χ3v) is 6.18. The molecule has 0 atom stereocenters. The fraction of sp³-hybridized carbons (Fsp3) is 0.115. The van der Waals surface area contributed by atoms with Gasteiger partial charge in [-0.1, -0.05) is 51.8 Å². The topological polar surface area (TPSA) is 29.5 Å². The van der Waals surface area contributed by atoms with E-state index in [-0.39, 0.29) is 5.91 Å². The molecule has 0 bridgehead atoms. The van der Waals surface area contributed by atoms with Crippen LogP contribution in [0, 0.1) is 6.92 Å². The Kier molecular flexibility index (Phi) is 6.30. The van der Waals surface area contributed by atoms with Crippen LogP contribution in [0.4, 0.5) is 5.69 Å². The number of ether oxygens (including phenoxy) is 1. The Bertz CT molecular complexity index is 1180. The van der Waals surface area contributed by atoms with Gasteiger partial charge >= 0.3 is 0 Å². The number of hydrogen-bond donors (Lipinski definition) is 0. The smallest absolute Gasteiger partial charge is 0.262 e. The molecular weight excluding hydrogens is 474 g/mol. The number of aryl methyl sites for hydroxylation is 1. The van der Waals surface area contributed by atoms with Crippen LogP contribution >= 0.6 is 27.5 Å². The Labute approximate surface area is 195 Å². The molecule has 4 rings (SSSR count). The van der Waals surface area contributed by atoms with Gasteiger partial charge in [-0.25, -0.2) is 0 Å². The van der Waals surface area contributed by atoms with Gasteiger partial charge in [-0.2, -0.15) is 0 Å². The number of hydrogen-bond acceptors (Lipinski definition) is 2. The van der Waals surface area contributed by atoms with Crippen LogP contribution in [0.3, 0.4) is 0 Å². The van der Waals surface area contributed by atoms with Gasteiger partial charge in [-0.05, 0) is 85.2 Å². The molecule has 0 saturated carbocycles. The first-order chi connectivity index (χ1) is 15.0. The average molecular weight is 495 g/mol. The maximum atomic E-state index is 13.5. The van der Waals surface area contributed by atoms with E-state index in [1.165, 1.54) is 0 Å². The molecule has 3 nitrogen and oxygen atoms in total. The van der Waals surface area contributed by atoms with E-state index >= 15 is 0 Å². The summed E-state index contributed by atoms with van der Waals surface area (Å²) in [6.07, 6.45) is 3.83. The standard InChI is InChI=1S/C26H21BrClNO2/c1-3-31-23-11-4-18(5-12-23)15-20-16-25(19-6-8-21(28)9-7-19)29(26(20)30)22-10-13-24(27)17(2)14-22/h4-16H,3H2,1-2H3/b20-15+. The lowest BCUT2D eigenvalue weighted by molar-refractivity contribution is -0.113. The molecule has 0 N–H and O–H groups in total. The van der Waals surface area contributed by atoms with E-state index < -0.39 is 0 Å². The molecule has 0 aliphatic carbocycles. The normalized spacial score (nSPS) is 14.8. The number of anilines is 1. The van der Waals surface area contributed by atoms with Crippen LogP contribution in [0.1, 0.15) is 23.6 Å². The first-order valence-corrected chi connectivity index (χ1v) is 11.2. The van der Waals surface area contributed by atoms with Gasteiger partial charge in [0, 0.05) is 20.8 Å². The molecule has 0 aromatic heterocycles. The summed E-state index contributed by atoms with van der Waals surface area (Å²) < 4.78 is 6.51. The summed E-state index contributed by atoms with van der Waals surface area (Å²) in [6.45, 7) is 4.58. The van der Waals surface area contributed by atoms with E-state index in [0.29, 0.717) is 17.2 Å². The summed E-state index contributed by atoms with van der Waals surface area (Å²) in [4.78, 5) is 15.2. The van der Waals surface area contributed by atoms with Crippen molar-refractivity contribution >= 4 is 50.9 Å². The molecule has 3 aromatic carbocycles. The van der Waals surface area contributed by atoms with Crippen LogP contribution in [0.5, 0.6) is 5.75 Å². The zero-order valence-electron chi connectivity index (χ0n) is 17.2. The quantitative estimate of drug-likeness (QED) is 0.349. The lowest BCUT2D eigenvalue weighted by atomic mass is 10.1. The van der Waals surface area contributed by atoms with Crippen molar-refractivity contribution in [3.63, 3.8) is 0 Å². The Balaban J connectivity index is 1.77. The summed E-state index contributed by atoms with van der Waals surface area (Å²) in [5.74, 6) is 0.743. The van der Waals surface area contributed by atoms with E-state index in [2.05, 4.69) is 15.9 Å². The second-order valence-corrected chi connectivity index (χ2v) is 8.50. The molecule has 0 radical (unpaired) electrons. The zero-order chi connectivity index (χ0) is 22.0. The molecule has 1 aliphatic rings. The van der Waals surface area contributed by atoms with Crippen molar-refractivity contribution in [1.29, 1.82) is 0 Å². The van der Waals surface area contributed by atoms with Crippen molar-refractivity contribution in [3.05, 3.63) is 105 Å². The van der Waals surface area contributed by atoms with Crippen LogP contribution in [-0.2, 0) is 4.79 Å². The Morgan fingerprint density at radius 2 is 1.74 bits per heavy atom. The maximum absolute atomic E-state index is 13.5. The van der Waals surface area contributed by atoms with E-state index in [1.807, 2.05) is 92.7 Å². The van der Waals surface area contributed by atoms with Gasteiger partial charge in [0.1, 0.15) is 5.75 Å². The van der Waals surface area contributed by atoms with Gasteiger partial charge in [-0.15, -0.1) is 0 Å². The van der Waals surface area contributed by atoms with Crippen LogP contribution in [0.25, 0.3) is 11.8 Å². The summed E-state index contributed by atoms with van der Waals surface area (Å²) in [5, 5.41) is 0.657. The van der Waals surface area contributed by atoms with E-state index in [0.717, 1.165) is 38.3 Å². The predicted octanol–water partition coefficient (Wildman–Crippen LogP) is 7.28. The minimum atomic E-state index is -0.0689. The second kappa shape index (κ2) is 9.13. The SMILES string of the molecule is CCOc1ccc(/C=C2\C=C(c3ccc(Cl)cc3)N(c3ccc(Br)c(C)c3)C2=O)cc1. The lowest BCUT2D eigenvalue weighted by Gasteiger charge is -2.21. The number of amides is 1. The summed E-state index contributed by atoms with van der Waals surface area (Å²) >= 11 is 9.62. The number of carbonyl (C=O) groups is 1.